The van der Waals surface area contributed by atoms with Crippen molar-refractivity contribution in [3.05, 3.63) is 21.9 Å². The molecule has 0 aliphatic carbocycles. The van der Waals surface area contributed by atoms with Gasteiger partial charge in [0.2, 0.25) is 5.91 Å². The molecule has 1 atom stereocenters. The highest BCUT2D eigenvalue weighted by Crippen LogP contribution is 2.25. The van der Waals surface area contributed by atoms with Gasteiger partial charge in [0.05, 0.1) is 13.7 Å². The summed E-state index contributed by atoms with van der Waals surface area (Å²) in [7, 11) is 1.36. The Morgan fingerprint density at radius 3 is 2.94 bits per heavy atom. The number of ether oxygens (including phenoxy) is 1. The van der Waals surface area contributed by atoms with Crippen LogP contribution in [0.4, 0.5) is 0 Å². The summed E-state index contributed by atoms with van der Waals surface area (Å²) in [5, 5.41) is 0. The number of carbonyl (C=O) groups is 2. The predicted molar refractivity (Wildman–Crippen MR) is 64.6 cm³/mol. The van der Waals surface area contributed by atoms with Crippen LogP contribution in [0.2, 0.25) is 0 Å². The van der Waals surface area contributed by atoms with Crippen molar-refractivity contribution in [2.24, 2.45) is 0 Å². The summed E-state index contributed by atoms with van der Waals surface area (Å²) in [5.41, 5.74) is 0. The average molecular weight is 253 g/mol. The lowest BCUT2D eigenvalue weighted by atomic mass is 10.2. The molecule has 1 aromatic heterocycles. The number of carbonyl (C=O) groups excluding carboxylic acids is 2. The molecular weight excluding hydrogens is 238 g/mol. The zero-order valence-electron chi connectivity index (χ0n) is 9.93. The van der Waals surface area contributed by atoms with Crippen LogP contribution in [0.25, 0.3) is 0 Å². The topological polar surface area (TPSA) is 46.6 Å². The van der Waals surface area contributed by atoms with Crippen LogP contribution in [-0.2, 0) is 20.9 Å². The molecule has 1 amide bonds. The first-order chi connectivity index (χ1) is 8.11. The largest absolute Gasteiger partial charge is 0.467 e. The molecule has 4 nitrogen and oxygen atoms in total. The van der Waals surface area contributed by atoms with Gasteiger partial charge in [0.25, 0.3) is 0 Å². The molecule has 0 radical (unpaired) electrons. The smallest absolute Gasteiger partial charge is 0.328 e. The number of amides is 1. The van der Waals surface area contributed by atoms with Gasteiger partial charge >= 0.3 is 5.97 Å². The quantitative estimate of drug-likeness (QED) is 0.771. The van der Waals surface area contributed by atoms with E-state index in [-0.39, 0.29) is 11.9 Å². The predicted octanol–water partition coefficient (Wildman–Crippen LogP) is 1.72. The number of likely N-dealkylation sites (tertiary alicyclic amines) is 1. The zero-order chi connectivity index (χ0) is 12.4. The van der Waals surface area contributed by atoms with E-state index in [0.29, 0.717) is 19.4 Å². The lowest BCUT2D eigenvalue weighted by Gasteiger charge is -2.21. The van der Waals surface area contributed by atoms with Gasteiger partial charge in [-0.15, -0.1) is 11.3 Å². The molecular formula is C12H15NO3S. The van der Waals surface area contributed by atoms with Gasteiger partial charge in [0, 0.05) is 16.2 Å². The molecule has 1 fully saturated rings. The van der Waals surface area contributed by atoms with E-state index in [1.807, 2.05) is 19.1 Å². The standard InChI is InChI=1S/C12H15NO3S/c1-8-3-4-9(17-8)7-13-10(12(15)16-2)5-6-11(13)14/h3-4,10H,5-7H2,1-2H3. The number of esters is 1. The molecule has 1 aromatic rings. The lowest BCUT2D eigenvalue weighted by Crippen LogP contribution is -2.38. The van der Waals surface area contributed by atoms with Crippen LogP contribution in [-0.4, -0.2) is 29.9 Å². The maximum atomic E-state index is 11.7. The summed E-state index contributed by atoms with van der Waals surface area (Å²) in [6, 6.07) is 3.61. The van der Waals surface area contributed by atoms with Crippen LogP contribution in [0, 0.1) is 6.92 Å². The van der Waals surface area contributed by atoms with Gasteiger partial charge in [0.1, 0.15) is 6.04 Å². The first kappa shape index (κ1) is 12.1. The SMILES string of the molecule is COC(=O)C1CCC(=O)N1Cc1ccc(C)s1. The second kappa shape index (κ2) is 4.87. The van der Waals surface area contributed by atoms with Crippen LogP contribution in [0.15, 0.2) is 12.1 Å². The van der Waals surface area contributed by atoms with E-state index >= 15 is 0 Å². The van der Waals surface area contributed by atoms with Crippen LogP contribution >= 0.6 is 11.3 Å². The fourth-order valence-corrected chi connectivity index (χ4v) is 2.94. The van der Waals surface area contributed by atoms with Crippen molar-refractivity contribution in [3.63, 3.8) is 0 Å². The maximum absolute atomic E-state index is 11.7. The third-order valence-corrected chi connectivity index (χ3v) is 3.91. The molecule has 1 unspecified atom stereocenters. The number of thiophene rings is 1. The minimum Gasteiger partial charge on any atom is -0.467 e. The van der Waals surface area contributed by atoms with E-state index in [2.05, 4.69) is 0 Å². The van der Waals surface area contributed by atoms with E-state index in [1.165, 1.54) is 12.0 Å². The second-order valence-electron chi connectivity index (χ2n) is 4.11. The molecule has 1 aliphatic heterocycles. The summed E-state index contributed by atoms with van der Waals surface area (Å²) in [6.45, 7) is 2.54. The fourth-order valence-electron chi connectivity index (χ4n) is 2.05. The Morgan fingerprint density at radius 2 is 2.35 bits per heavy atom. The molecule has 92 valence electrons. The molecule has 0 spiro atoms. The van der Waals surface area contributed by atoms with Crippen molar-refractivity contribution in [3.8, 4) is 0 Å². The van der Waals surface area contributed by atoms with Gasteiger partial charge in [0.15, 0.2) is 0 Å². The van der Waals surface area contributed by atoms with Crippen molar-refractivity contribution < 1.29 is 14.3 Å². The third-order valence-electron chi connectivity index (χ3n) is 2.92. The van der Waals surface area contributed by atoms with Crippen molar-refractivity contribution >= 4 is 23.2 Å². The highest BCUT2D eigenvalue weighted by Gasteiger charge is 2.36. The summed E-state index contributed by atoms with van der Waals surface area (Å²) in [4.78, 5) is 27.2. The van der Waals surface area contributed by atoms with E-state index in [0.717, 1.165) is 4.88 Å². The van der Waals surface area contributed by atoms with E-state index in [1.54, 1.807) is 16.2 Å². The first-order valence-electron chi connectivity index (χ1n) is 5.54. The number of rotatable bonds is 3. The fraction of sp³-hybridized carbons (Fsp3) is 0.500. The maximum Gasteiger partial charge on any atom is 0.328 e. The molecule has 1 saturated heterocycles. The minimum atomic E-state index is -0.407. The molecule has 0 aromatic carbocycles. The Hall–Kier alpha value is -1.36. The molecule has 2 rings (SSSR count). The van der Waals surface area contributed by atoms with E-state index < -0.39 is 6.04 Å². The Morgan fingerprint density at radius 1 is 1.59 bits per heavy atom. The van der Waals surface area contributed by atoms with Gasteiger partial charge in [-0.25, -0.2) is 4.79 Å². The highest BCUT2D eigenvalue weighted by atomic mass is 32.1. The van der Waals surface area contributed by atoms with Gasteiger partial charge in [-0.05, 0) is 25.5 Å². The summed E-state index contributed by atoms with van der Waals surface area (Å²) in [6.07, 6.45) is 1.000. The Bertz CT molecular complexity index is 441. The average Bonchev–Trinajstić information content (AvgIpc) is 2.87. The zero-order valence-corrected chi connectivity index (χ0v) is 10.8. The highest BCUT2D eigenvalue weighted by molar-refractivity contribution is 7.11. The summed E-state index contributed by atoms with van der Waals surface area (Å²) in [5.74, 6) is -0.282. The van der Waals surface area contributed by atoms with Crippen molar-refractivity contribution in [2.75, 3.05) is 7.11 Å². The third kappa shape index (κ3) is 2.49. The van der Waals surface area contributed by atoms with Crippen molar-refractivity contribution in [2.45, 2.75) is 32.4 Å². The van der Waals surface area contributed by atoms with Crippen molar-refractivity contribution in [1.82, 2.24) is 4.90 Å². The molecule has 0 N–H and O–H groups in total. The number of hydrogen-bond donors (Lipinski definition) is 0. The number of methoxy groups -OCH3 is 1. The molecule has 17 heavy (non-hydrogen) atoms. The van der Waals surface area contributed by atoms with E-state index in [9.17, 15) is 9.59 Å². The van der Waals surface area contributed by atoms with Gasteiger partial charge in [-0.2, -0.15) is 0 Å². The van der Waals surface area contributed by atoms with Crippen LogP contribution < -0.4 is 0 Å². The van der Waals surface area contributed by atoms with Gasteiger partial charge < -0.3 is 9.64 Å². The van der Waals surface area contributed by atoms with E-state index in [4.69, 9.17) is 4.74 Å². The molecule has 0 saturated carbocycles. The molecule has 5 heteroatoms. The monoisotopic (exact) mass is 253 g/mol. The van der Waals surface area contributed by atoms with Gasteiger partial charge in [-0.3, -0.25) is 4.79 Å². The normalized spacial score (nSPS) is 19.8. The molecule has 0 bridgehead atoms. The summed E-state index contributed by atoms with van der Waals surface area (Å²) >= 11 is 1.65. The van der Waals surface area contributed by atoms with Crippen LogP contribution in [0.5, 0.6) is 0 Å². The van der Waals surface area contributed by atoms with Gasteiger partial charge in [-0.1, -0.05) is 0 Å². The van der Waals surface area contributed by atoms with Crippen LogP contribution in [0.3, 0.4) is 0 Å². The minimum absolute atomic E-state index is 0.0338. The Balaban J connectivity index is 2.11. The lowest BCUT2D eigenvalue weighted by molar-refractivity contribution is -0.149. The Labute approximate surface area is 104 Å². The van der Waals surface area contributed by atoms with Crippen molar-refractivity contribution in [1.29, 1.82) is 0 Å². The second-order valence-corrected chi connectivity index (χ2v) is 5.48. The summed E-state index contributed by atoms with van der Waals surface area (Å²) < 4.78 is 4.73. The number of nitrogens with zero attached hydrogens (tertiary/aromatic N) is 1. The molecule has 1 aliphatic rings. The number of aryl methyl sites for hydroxylation is 1. The first-order valence-corrected chi connectivity index (χ1v) is 6.36. The van der Waals surface area contributed by atoms with Crippen LogP contribution in [0.1, 0.15) is 22.6 Å². The number of hydrogen-bond acceptors (Lipinski definition) is 4. The Kier molecular flexibility index (Phi) is 3.47. The molecule has 2 heterocycles.